The molecule has 9 nitrogen and oxygen atoms in total. The van der Waals surface area contributed by atoms with Gasteiger partial charge in [-0.15, -0.1) is 0 Å². The maximum Gasteiger partial charge on any atom is 0.274 e. The van der Waals surface area contributed by atoms with Crippen molar-refractivity contribution in [3.8, 4) is 0 Å². The average molecular weight is 528 g/mol. The van der Waals surface area contributed by atoms with Gasteiger partial charge >= 0.3 is 0 Å². The van der Waals surface area contributed by atoms with Crippen molar-refractivity contribution in [2.24, 2.45) is 7.05 Å². The van der Waals surface area contributed by atoms with Gasteiger partial charge in [0, 0.05) is 33.2 Å². The Labute approximate surface area is 209 Å². The van der Waals surface area contributed by atoms with E-state index in [-0.39, 0.29) is 37.8 Å². The van der Waals surface area contributed by atoms with Gasteiger partial charge in [-0.3, -0.25) is 14.3 Å². The van der Waals surface area contributed by atoms with E-state index in [4.69, 9.17) is 23.2 Å². The van der Waals surface area contributed by atoms with Crippen molar-refractivity contribution in [3.05, 3.63) is 39.6 Å². The van der Waals surface area contributed by atoms with Crippen LogP contribution in [0.4, 0.5) is 5.69 Å². The minimum atomic E-state index is -3.88. The molecule has 184 valence electrons. The fourth-order valence-corrected chi connectivity index (χ4v) is 6.71. The van der Waals surface area contributed by atoms with Gasteiger partial charge in [-0.05, 0) is 44.2 Å². The first-order valence-electron chi connectivity index (χ1n) is 11.3. The molecule has 2 saturated heterocycles. The summed E-state index contributed by atoms with van der Waals surface area (Å²) in [6.45, 7) is 2.11. The number of aryl methyl sites for hydroxylation is 1. The second-order valence-corrected chi connectivity index (χ2v) is 11.3. The van der Waals surface area contributed by atoms with Gasteiger partial charge in [0.1, 0.15) is 10.6 Å². The number of amides is 2. The van der Waals surface area contributed by atoms with Crippen LogP contribution in [-0.2, 0) is 17.1 Å². The van der Waals surface area contributed by atoms with Crippen LogP contribution >= 0.6 is 23.2 Å². The maximum absolute atomic E-state index is 13.2. The number of sulfonamides is 1. The van der Waals surface area contributed by atoms with Gasteiger partial charge in [-0.1, -0.05) is 29.6 Å². The molecule has 0 spiro atoms. The lowest BCUT2D eigenvalue weighted by atomic mass is 10.1. The Morgan fingerprint density at radius 2 is 1.56 bits per heavy atom. The third kappa shape index (κ3) is 4.95. The van der Waals surface area contributed by atoms with E-state index in [1.54, 1.807) is 11.9 Å². The summed E-state index contributed by atoms with van der Waals surface area (Å²) >= 11 is 12.5. The van der Waals surface area contributed by atoms with E-state index < -0.39 is 15.9 Å². The second-order valence-electron chi connectivity index (χ2n) is 8.56. The van der Waals surface area contributed by atoms with Crippen molar-refractivity contribution in [3.63, 3.8) is 0 Å². The minimum absolute atomic E-state index is 0.00731. The smallest absolute Gasteiger partial charge is 0.274 e. The average Bonchev–Trinajstić information content (AvgIpc) is 3.19. The van der Waals surface area contributed by atoms with E-state index in [9.17, 15) is 18.0 Å². The number of piperidine rings is 2. The van der Waals surface area contributed by atoms with Crippen LogP contribution in [0.3, 0.4) is 0 Å². The molecule has 2 amide bonds. The highest BCUT2D eigenvalue weighted by atomic mass is 35.5. The lowest BCUT2D eigenvalue weighted by Gasteiger charge is -2.27. The molecule has 0 aliphatic carbocycles. The normalized spacial score (nSPS) is 17.6. The number of carbonyl (C=O) groups excluding carboxylic acids is 2. The van der Waals surface area contributed by atoms with Crippen LogP contribution in [0.15, 0.2) is 23.2 Å². The molecule has 0 unspecified atom stereocenters. The van der Waals surface area contributed by atoms with Crippen LogP contribution in [0.2, 0.25) is 10.0 Å². The quantitative estimate of drug-likeness (QED) is 0.636. The van der Waals surface area contributed by atoms with Crippen LogP contribution in [0.5, 0.6) is 0 Å². The lowest BCUT2D eigenvalue weighted by molar-refractivity contribution is 0.0714. The van der Waals surface area contributed by atoms with Gasteiger partial charge < -0.3 is 10.2 Å². The van der Waals surface area contributed by atoms with Gasteiger partial charge in [0.15, 0.2) is 0 Å². The van der Waals surface area contributed by atoms with Gasteiger partial charge in [-0.2, -0.15) is 9.40 Å². The summed E-state index contributed by atoms with van der Waals surface area (Å²) in [6, 6.07) is 2.46. The molecular formula is C22H27Cl2N5O4S. The highest BCUT2D eigenvalue weighted by Gasteiger charge is 2.31. The number of hydrogen-bond acceptors (Lipinski definition) is 5. The van der Waals surface area contributed by atoms with Gasteiger partial charge in [0.05, 0.1) is 27.5 Å². The SMILES string of the molecule is Cn1ncc(NC(=O)c2cc(S(=O)(=O)N3CCCCC3)c(Cl)cc2Cl)c1C(=O)N1CCCCC1. The fourth-order valence-electron chi connectivity index (χ4n) is 4.36. The van der Waals surface area contributed by atoms with Crippen molar-refractivity contribution < 1.29 is 18.0 Å². The highest BCUT2D eigenvalue weighted by Crippen LogP contribution is 2.32. The van der Waals surface area contributed by atoms with Crippen molar-refractivity contribution in [2.45, 2.75) is 43.4 Å². The molecule has 3 heterocycles. The predicted molar refractivity (Wildman–Crippen MR) is 130 cm³/mol. The molecule has 2 fully saturated rings. The monoisotopic (exact) mass is 527 g/mol. The fraction of sp³-hybridized carbons (Fsp3) is 0.500. The summed E-state index contributed by atoms with van der Waals surface area (Å²) in [5.41, 5.74) is 0.429. The zero-order valence-corrected chi connectivity index (χ0v) is 21.2. The maximum atomic E-state index is 13.2. The molecule has 2 aliphatic heterocycles. The van der Waals surface area contributed by atoms with Crippen LogP contribution in [0.25, 0.3) is 0 Å². The molecule has 0 saturated carbocycles. The Balaban J connectivity index is 1.62. The van der Waals surface area contributed by atoms with Crippen molar-refractivity contribution in [1.82, 2.24) is 19.0 Å². The first-order valence-corrected chi connectivity index (χ1v) is 13.5. The number of nitrogens with one attached hydrogen (secondary N) is 1. The molecule has 1 aromatic carbocycles. The Morgan fingerprint density at radius 3 is 2.21 bits per heavy atom. The second kappa shape index (κ2) is 10.2. The lowest BCUT2D eigenvalue weighted by Crippen LogP contribution is -2.37. The zero-order valence-electron chi connectivity index (χ0n) is 18.9. The summed E-state index contributed by atoms with van der Waals surface area (Å²) < 4.78 is 29.2. The van der Waals surface area contributed by atoms with E-state index in [1.165, 1.54) is 27.3 Å². The summed E-state index contributed by atoms with van der Waals surface area (Å²) in [7, 11) is -2.25. The van der Waals surface area contributed by atoms with E-state index in [1.807, 2.05) is 0 Å². The van der Waals surface area contributed by atoms with Gasteiger partial charge in [-0.25, -0.2) is 8.42 Å². The number of nitrogens with zero attached hydrogens (tertiary/aromatic N) is 4. The number of anilines is 1. The molecule has 34 heavy (non-hydrogen) atoms. The Kier molecular flexibility index (Phi) is 7.51. The van der Waals surface area contributed by atoms with Crippen LogP contribution < -0.4 is 5.32 Å². The molecule has 1 aromatic heterocycles. The number of hydrogen-bond donors (Lipinski definition) is 1. The first kappa shape index (κ1) is 25.0. The van der Waals surface area contributed by atoms with Gasteiger partial charge in [0.2, 0.25) is 10.0 Å². The molecule has 0 bridgehead atoms. The Morgan fingerprint density at radius 1 is 0.941 bits per heavy atom. The minimum Gasteiger partial charge on any atom is -0.337 e. The Bertz CT molecular complexity index is 1200. The zero-order chi connectivity index (χ0) is 24.5. The van der Waals surface area contributed by atoms with Crippen molar-refractivity contribution in [1.29, 1.82) is 0 Å². The summed E-state index contributed by atoms with van der Waals surface area (Å²) in [6.07, 6.45) is 6.84. The summed E-state index contributed by atoms with van der Waals surface area (Å²) in [5, 5.41) is 6.77. The van der Waals surface area contributed by atoms with Crippen LogP contribution in [0, 0.1) is 0 Å². The molecule has 0 atom stereocenters. The van der Waals surface area contributed by atoms with Gasteiger partial charge in [0.25, 0.3) is 11.8 Å². The number of aromatic nitrogens is 2. The number of carbonyl (C=O) groups is 2. The largest absolute Gasteiger partial charge is 0.337 e. The molecule has 1 N–H and O–H groups in total. The number of halogens is 2. The van der Waals surface area contributed by atoms with E-state index in [2.05, 4.69) is 10.4 Å². The molecular weight excluding hydrogens is 501 g/mol. The number of benzene rings is 1. The standard InChI is InChI=1S/C22H27Cl2N5O4S/c1-27-20(22(31)28-8-4-2-5-9-28)18(14-25-27)26-21(30)15-12-19(17(24)13-16(15)23)34(32,33)29-10-6-3-7-11-29/h12-14H,2-11H2,1H3,(H,26,30). The van der Waals surface area contributed by atoms with Crippen LogP contribution in [0.1, 0.15) is 59.4 Å². The number of likely N-dealkylation sites (tertiary alicyclic amines) is 1. The molecule has 12 heteroatoms. The van der Waals surface area contributed by atoms with E-state index >= 15 is 0 Å². The molecule has 4 rings (SSSR count). The van der Waals surface area contributed by atoms with E-state index in [0.29, 0.717) is 26.2 Å². The summed E-state index contributed by atoms with van der Waals surface area (Å²) in [5.74, 6) is -0.872. The Hall–Kier alpha value is -2.14. The van der Waals surface area contributed by atoms with E-state index in [0.717, 1.165) is 38.5 Å². The topological polar surface area (TPSA) is 105 Å². The molecule has 2 aliphatic rings. The highest BCUT2D eigenvalue weighted by molar-refractivity contribution is 7.89. The summed E-state index contributed by atoms with van der Waals surface area (Å²) in [4.78, 5) is 27.8. The third-order valence-corrected chi connectivity index (χ3v) is 8.91. The molecule has 0 radical (unpaired) electrons. The predicted octanol–water partition coefficient (Wildman–Crippen LogP) is 3.78. The molecule has 2 aromatic rings. The first-order chi connectivity index (χ1) is 16.2. The number of rotatable bonds is 5. The van der Waals surface area contributed by atoms with Crippen molar-refractivity contribution in [2.75, 3.05) is 31.5 Å². The van der Waals surface area contributed by atoms with Crippen molar-refractivity contribution >= 4 is 50.7 Å². The third-order valence-electron chi connectivity index (χ3n) is 6.23. The van der Waals surface area contributed by atoms with Crippen LogP contribution in [-0.4, -0.2) is 65.4 Å².